The van der Waals surface area contributed by atoms with E-state index in [1.807, 2.05) is 0 Å². The van der Waals surface area contributed by atoms with Crippen molar-refractivity contribution in [2.24, 2.45) is 0 Å². The number of halogens is 1. The van der Waals surface area contributed by atoms with E-state index in [1.165, 1.54) is 0 Å². The Kier molecular flexibility index (Phi) is 257. The molecule has 0 rings (SSSR count). The van der Waals surface area contributed by atoms with Gasteiger partial charge < -0.3 is 12.4 Å². The average molecular weight is 123 g/mol. The first-order valence-electron chi connectivity index (χ1n) is 0. The Hall–Kier alpha value is 2.89. The third-order valence-corrected chi connectivity index (χ3v) is 0. The molecule has 5 heteroatoms. The zero-order chi connectivity index (χ0) is 0. The quantitative estimate of drug-likeness (QED) is 0.281. The Morgan fingerprint density at radius 1 is 0.800 bits per heavy atom. The first kappa shape index (κ1) is 44.9. The Morgan fingerprint density at radius 2 is 0.800 bits per heavy atom. The summed E-state index contributed by atoms with van der Waals surface area (Å²) in [4.78, 5) is 0. The normalized spacial score (nSPS) is 0. The van der Waals surface area contributed by atoms with E-state index in [0.717, 1.165) is 0 Å². The van der Waals surface area contributed by atoms with Gasteiger partial charge in [-0.15, -0.1) is 0 Å². The standard InChI is InChI=1S/Al.BH4.ClH.2Na/h;1H4;1H;;/q;-1;;2*+1/p-1. The van der Waals surface area contributed by atoms with Crippen LogP contribution in [0, 0.1) is 0 Å². The molecule has 0 spiro atoms. The summed E-state index contributed by atoms with van der Waals surface area (Å²) in [6.45, 7) is 0. The van der Waals surface area contributed by atoms with Crippen molar-refractivity contribution >= 4 is 25.8 Å². The van der Waals surface area contributed by atoms with Gasteiger partial charge >= 0.3 is 59.1 Å². The van der Waals surface area contributed by atoms with Crippen LogP contribution in [-0.2, 0) is 0 Å². The van der Waals surface area contributed by atoms with Gasteiger partial charge in [0.15, 0.2) is 0 Å². The predicted molar refractivity (Wildman–Crippen MR) is 17.1 cm³/mol. The molecule has 0 saturated carbocycles. The summed E-state index contributed by atoms with van der Waals surface area (Å²) in [5.74, 6) is 0. The fourth-order valence-corrected chi connectivity index (χ4v) is 0. The van der Waals surface area contributed by atoms with Crippen LogP contribution < -0.4 is 71.5 Å². The van der Waals surface area contributed by atoms with Crippen molar-refractivity contribution in [3.63, 3.8) is 0 Å². The monoisotopic (exact) mass is 123 g/mol. The Morgan fingerprint density at radius 3 is 0.800 bits per heavy atom. The second-order valence-corrected chi connectivity index (χ2v) is 0. The second kappa shape index (κ2) is 28.6. The molecule has 0 fully saturated rings. The van der Waals surface area contributed by atoms with Crippen LogP contribution in [0.2, 0.25) is 0 Å². The maximum Gasteiger partial charge on any atom is 1.00 e. The molecule has 0 unspecified atom stereocenters. The molecule has 0 aliphatic carbocycles. The minimum absolute atomic E-state index is 0. The smallest absolute Gasteiger partial charge is 1.00 e. The average Bonchev–Trinajstić information content (AvgIpc) is 0. The van der Waals surface area contributed by atoms with Gasteiger partial charge in [-0.05, 0) is 0 Å². The Balaban J connectivity index is 0. The van der Waals surface area contributed by atoms with Crippen molar-refractivity contribution in [3.8, 4) is 0 Å². The van der Waals surface area contributed by atoms with E-state index in [4.69, 9.17) is 0 Å². The van der Waals surface area contributed by atoms with Gasteiger partial charge in [0.2, 0.25) is 0 Å². The molecule has 19 valence electrons. The summed E-state index contributed by atoms with van der Waals surface area (Å²) < 4.78 is 0. The fourth-order valence-electron chi connectivity index (χ4n) is 0. The molecule has 0 aliphatic heterocycles. The van der Waals surface area contributed by atoms with Crippen LogP contribution in [0.15, 0.2) is 0 Å². The first-order valence-corrected chi connectivity index (χ1v) is 0. The summed E-state index contributed by atoms with van der Waals surface area (Å²) in [6.07, 6.45) is 0. The zero-order valence-electron chi connectivity index (χ0n) is 2.96. The summed E-state index contributed by atoms with van der Waals surface area (Å²) in [5.41, 5.74) is 0. The van der Waals surface area contributed by atoms with Crippen LogP contribution in [0.4, 0.5) is 0 Å². The molecule has 0 saturated heterocycles. The van der Waals surface area contributed by atoms with E-state index in [1.54, 1.807) is 0 Å². The largest absolute Gasteiger partial charge is 1.00 e. The van der Waals surface area contributed by atoms with Crippen LogP contribution >= 0.6 is 0 Å². The first-order chi connectivity index (χ1) is 0. The van der Waals surface area contributed by atoms with E-state index < -0.39 is 0 Å². The molecule has 0 heterocycles. The third-order valence-electron chi connectivity index (χ3n) is 0. The molecule has 0 nitrogen and oxygen atoms in total. The van der Waals surface area contributed by atoms with Crippen LogP contribution in [0.25, 0.3) is 0 Å². The molecule has 5 heavy (non-hydrogen) atoms. The van der Waals surface area contributed by atoms with Gasteiger partial charge in [0.1, 0.15) is 0 Å². The minimum atomic E-state index is 0. The molecule has 0 aromatic carbocycles. The van der Waals surface area contributed by atoms with E-state index in [-0.39, 0.29) is 97.3 Å². The third kappa shape index (κ3) is 19.7. The molecule has 0 atom stereocenters. The van der Waals surface area contributed by atoms with Gasteiger partial charge in [-0.25, -0.2) is 0 Å². The van der Waals surface area contributed by atoms with Crippen molar-refractivity contribution < 1.29 is 71.5 Å². The van der Waals surface area contributed by atoms with Gasteiger partial charge in [-0.1, -0.05) is 8.41 Å². The molecule has 0 aromatic heterocycles. The molecule has 0 bridgehead atoms. The summed E-state index contributed by atoms with van der Waals surface area (Å²) >= 11 is 0. The van der Waals surface area contributed by atoms with Crippen molar-refractivity contribution in [2.75, 3.05) is 0 Å². The predicted octanol–water partition coefficient (Wildman–Crippen LogP) is -10.8. The van der Waals surface area contributed by atoms with E-state index >= 15 is 0 Å². The molecule has 0 aromatic rings. The SMILES string of the molecule is [Al].[BH4-].[Cl-].[Na+].[Na+]. The Bertz CT molecular complexity index is 9.61. The maximum atomic E-state index is 0. The number of hydrogen-bond acceptors (Lipinski definition) is 0. The van der Waals surface area contributed by atoms with Crippen LogP contribution in [0.1, 0.15) is 0 Å². The second-order valence-electron chi connectivity index (χ2n) is 0. The molecule has 3 radical (unpaired) electrons. The van der Waals surface area contributed by atoms with Gasteiger partial charge in [0.05, 0.1) is 0 Å². The van der Waals surface area contributed by atoms with E-state index in [9.17, 15) is 0 Å². The molecular formula is H4AlBClNa2. The maximum absolute atomic E-state index is 0. The van der Waals surface area contributed by atoms with Crippen LogP contribution in [-0.4, -0.2) is 25.8 Å². The van der Waals surface area contributed by atoms with Crippen molar-refractivity contribution in [3.05, 3.63) is 0 Å². The van der Waals surface area contributed by atoms with Crippen LogP contribution in [0.3, 0.4) is 0 Å². The van der Waals surface area contributed by atoms with Gasteiger partial charge in [-0.2, -0.15) is 0 Å². The Labute approximate surface area is 95.5 Å². The van der Waals surface area contributed by atoms with Gasteiger partial charge in [0, 0.05) is 17.4 Å². The summed E-state index contributed by atoms with van der Waals surface area (Å²) in [5, 5.41) is 0. The summed E-state index contributed by atoms with van der Waals surface area (Å²) in [7, 11) is 0. The number of rotatable bonds is 0. The minimum Gasteiger partial charge on any atom is -1.00 e. The zero-order valence-corrected chi connectivity index (χ0v) is 8.87. The molecule has 0 N–H and O–H groups in total. The topological polar surface area (TPSA) is 0 Å². The molecule has 0 aliphatic rings. The summed E-state index contributed by atoms with van der Waals surface area (Å²) in [6, 6.07) is 0. The molecular weight excluding hydrogens is 119 g/mol. The van der Waals surface area contributed by atoms with Gasteiger partial charge in [-0.3, -0.25) is 0 Å². The van der Waals surface area contributed by atoms with Crippen molar-refractivity contribution in [1.82, 2.24) is 0 Å². The molecule has 0 amide bonds. The van der Waals surface area contributed by atoms with E-state index in [2.05, 4.69) is 0 Å². The number of hydrogen-bond donors (Lipinski definition) is 0. The fraction of sp³-hybridized carbons (Fsp3) is 0. The van der Waals surface area contributed by atoms with Crippen molar-refractivity contribution in [2.45, 2.75) is 0 Å². The van der Waals surface area contributed by atoms with E-state index in [0.29, 0.717) is 0 Å². The van der Waals surface area contributed by atoms with Gasteiger partial charge in [0.25, 0.3) is 0 Å². The van der Waals surface area contributed by atoms with Crippen LogP contribution in [0.5, 0.6) is 0 Å². The van der Waals surface area contributed by atoms with Crippen molar-refractivity contribution in [1.29, 1.82) is 0 Å².